The number of carbonyl (C=O) groups is 1. The third kappa shape index (κ3) is 5.21. The SMILES string of the molecule is Cc1c(Br)c(O)c(Br)c(O)c1/C=N\NC(=O)CCOc1cccc(Br)c1. The van der Waals surface area contributed by atoms with E-state index in [1.54, 1.807) is 13.0 Å². The minimum absolute atomic E-state index is 0.106. The van der Waals surface area contributed by atoms with Crippen LogP contribution in [0.3, 0.4) is 0 Å². The molecule has 0 unspecified atom stereocenters. The van der Waals surface area contributed by atoms with Gasteiger partial charge in [-0.05, 0) is 62.5 Å². The van der Waals surface area contributed by atoms with E-state index in [9.17, 15) is 15.0 Å². The Morgan fingerprint density at radius 3 is 2.65 bits per heavy atom. The van der Waals surface area contributed by atoms with Crippen molar-refractivity contribution in [3.63, 3.8) is 0 Å². The molecule has 2 aromatic carbocycles. The summed E-state index contributed by atoms with van der Waals surface area (Å²) in [5, 5.41) is 23.8. The molecule has 2 aromatic rings. The van der Waals surface area contributed by atoms with Gasteiger partial charge in [0.25, 0.3) is 0 Å². The summed E-state index contributed by atoms with van der Waals surface area (Å²) >= 11 is 9.68. The lowest BCUT2D eigenvalue weighted by Gasteiger charge is -2.11. The number of rotatable bonds is 6. The number of amides is 1. The highest BCUT2D eigenvalue weighted by atomic mass is 79.9. The summed E-state index contributed by atoms with van der Waals surface area (Å²) in [5.41, 5.74) is 3.32. The number of carbonyl (C=O) groups excluding carboxylic acids is 1. The minimum Gasteiger partial charge on any atom is -0.506 e. The van der Waals surface area contributed by atoms with Gasteiger partial charge < -0.3 is 14.9 Å². The maximum absolute atomic E-state index is 11.8. The average Bonchev–Trinajstić information content (AvgIpc) is 2.61. The van der Waals surface area contributed by atoms with Gasteiger partial charge in [0.2, 0.25) is 5.91 Å². The molecule has 0 saturated carbocycles. The van der Waals surface area contributed by atoms with E-state index in [1.165, 1.54) is 6.21 Å². The largest absolute Gasteiger partial charge is 0.506 e. The smallest absolute Gasteiger partial charge is 0.243 e. The summed E-state index contributed by atoms with van der Waals surface area (Å²) < 4.78 is 6.95. The predicted molar refractivity (Wildman–Crippen MR) is 110 cm³/mol. The van der Waals surface area contributed by atoms with E-state index in [2.05, 4.69) is 58.3 Å². The predicted octanol–water partition coefficient (Wildman–Crippen LogP) is 4.61. The first-order valence-corrected chi connectivity index (χ1v) is 9.79. The zero-order valence-electron chi connectivity index (χ0n) is 13.6. The quantitative estimate of drug-likeness (QED) is 0.362. The fraction of sp³-hybridized carbons (Fsp3) is 0.176. The van der Waals surface area contributed by atoms with Gasteiger partial charge in [0.15, 0.2) is 0 Å². The van der Waals surface area contributed by atoms with Crippen LogP contribution in [-0.2, 0) is 4.79 Å². The van der Waals surface area contributed by atoms with Crippen molar-refractivity contribution in [2.24, 2.45) is 5.10 Å². The highest BCUT2D eigenvalue weighted by Crippen LogP contribution is 2.43. The summed E-state index contributed by atoms with van der Waals surface area (Å²) in [4.78, 5) is 11.8. The fourth-order valence-corrected chi connectivity index (χ4v) is 3.47. The molecule has 2 rings (SSSR count). The molecular weight excluding hydrogens is 536 g/mol. The molecule has 0 aliphatic carbocycles. The molecule has 1 amide bonds. The molecule has 3 N–H and O–H groups in total. The maximum atomic E-state index is 11.8. The Morgan fingerprint density at radius 1 is 1.23 bits per heavy atom. The van der Waals surface area contributed by atoms with Crippen LogP contribution in [0.25, 0.3) is 0 Å². The van der Waals surface area contributed by atoms with Crippen LogP contribution in [0.5, 0.6) is 17.2 Å². The number of nitrogens with one attached hydrogen (secondary N) is 1. The van der Waals surface area contributed by atoms with Gasteiger partial charge in [-0.25, -0.2) is 5.43 Å². The Labute approximate surface area is 175 Å². The van der Waals surface area contributed by atoms with Gasteiger partial charge in [-0.3, -0.25) is 4.79 Å². The lowest BCUT2D eigenvalue weighted by molar-refractivity contribution is -0.121. The fourth-order valence-electron chi connectivity index (χ4n) is 2.00. The number of phenols is 2. The number of benzene rings is 2. The standard InChI is InChI=1S/C17H15Br3N2O4/c1-9-12(16(24)15(20)17(25)14(9)19)8-21-22-13(23)5-6-26-11-4-2-3-10(18)7-11/h2-4,7-8,24-25H,5-6H2,1H3,(H,22,23)/b21-8-. The molecule has 0 fully saturated rings. The molecular formula is C17H15Br3N2O4. The molecule has 6 nitrogen and oxygen atoms in total. The molecule has 0 bridgehead atoms. The highest BCUT2D eigenvalue weighted by molar-refractivity contribution is 9.11. The molecule has 0 spiro atoms. The zero-order chi connectivity index (χ0) is 19.3. The Balaban J connectivity index is 1.91. The van der Waals surface area contributed by atoms with Gasteiger partial charge >= 0.3 is 0 Å². The Hall–Kier alpha value is -1.58. The molecule has 0 atom stereocenters. The van der Waals surface area contributed by atoms with E-state index in [1.807, 2.05) is 18.2 Å². The normalized spacial score (nSPS) is 10.9. The average molecular weight is 551 g/mol. The van der Waals surface area contributed by atoms with E-state index >= 15 is 0 Å². The summed E-state index contributed by atoms with van der Waals surface area (Å²) in [6.45, 7) is 1.91. The summed E-state index contributed by atoms with van der Waals surface area (Å²) in [6, 6.07) is 7.33. The van der Waals surface area contributed by atoms with Crippen LogP contribution in [0, 0.1) is 6.92 Å². The summed E-state index contributed by atoms with van der Waals surface area (Å²) in [7, 11) is 0. The van der Waals surface area contributed by atoms with Gasteiger partial charge in [-0.2, -0.15) is 5.10 Å². The number of nitrogens with zero attached hydrogens (tertiary/aromatic N) is 1. The van der Waals surface area contributed by atoms with Crippen molar-refractivity contribution in [2.45, 2.75) is 13.3 Å². The second-order valence-electron chi connectivity index (χ2n) is 5.21. The number of phenolic OH excluding ortho intramolecular Hbond substituents is 2. The van der Waals surface area contributed by atoms with Crippen molar-refractivity contribution < 1.29 is 19.7 Å². The molecule has 9 heteroatoms. The second kappa shape index (κ2) is 9.38. The molecule has 138 valence electrons. The number of hydrogen-bond acceptors (Lipinski definition) is 5. The van der Waals surface area contributed by atoms with Crippen molar-refractivity contribution in [1.82, 2.24) is 5.43 Å². The van der Waals surface area contributed by atoms with Crippen LogP contribution in [0.2, 0.25) is 0 Å². The molecule has 26 heavy (non-hydrogen) atoms. The first-order chi connectivity index (χ1) is 12.3. The van der Waals surface area contributed by atoms with Gasteiger partial charge in [-0.1, -0.05) is 22.0 Å². The third-order valence-corrected chi connectivity index (χ3v) is 5.60. The monoisotopic (exact) mass is 548 g/mol. The van der Waals surface area contributed by atoms with Crippen molar-refractivity contribution >= 4 is 59.9 Å². The van der Waals surface area contributed by atoms with E-state index in [4.69, 9.17) is 4.74 Å². The Kier molecular flexibility index (Phi) is 7.48. The van der Waals surface area contributed by atoms with Crippen molar-refractivity contribution in [3.05, 3.63) is 48.8 Å². The first kappa shape index (κ1) is 20.7. The van der Waals surface area contributed by atoms with Crippen molar-refractivity contribution in [2.75, 3.05) is 6.61 Å². The van der Waals surface area contributed by atoms with Crippen LogP contribution >= 0.6 is 47.8 Å². The van der Waals surface area contributed by atoms with Gasteiger partial charge in [-0.15, -0.1) is 0 Å². The molecule has 0 aromatic heterocycles. The van der Waals surface area contributed by atoms with Gasteiger partial charge in [0, 0.05) is 10.0 Å². The number of hydrogen-bond donors (Lipinski definition) is 3. The topological polar surface area (TPSA) is 91.1 Å². The Morgan fingerprint density at radius 2 is 1.96 bits per heavy atom. The van der Waals surface area contributed by atoms with Crippen LogP contribution in [0.4, 0.5) is 0 Å². The van der Waals surface area contributed by atoms with Crippen molar-refractivity contribution in [3.8, 4) is 17.2 Å². The maximum Gasteiger partial charge on any atom is 0.243 e. The minimum atomic E-state index is -0.328. The zero-order valence-corrected chi connectivity index (χ0v) is 18.4. The molecule has 0 heterocycles. The summed E-state index contributed by atoms with van der Waals surface area (Å²) in [6.07, 6.45) is 1.43. The molecule has 0 radical (unpaired) electrons. The summed E-state index contributed by atoms with van der Waals surface area (Å²) in [5.74, 6) is 0.0605. The number of hydrazone groups is 1. The van der Waals surface area contributed by atoms with E-state index < -0.39 is 0 Å². The van der Waals surface area contributed by atoms with E-state index in [0.29, 0.717) is 21.3 Å². The molecule has 0 saturated heterocycles. The number of aromatic hydroxyl groups is 2. The number of ether oxygens (including phenoxy) is 1. The molecule has 0 aliphatic rings. The van der Waals surface area contributed by atoms with Crippen LogP contribution in [-0.4, -0.2) is 28.9 Å². The van der Waals surface area contributed by atoms with Crippen molar-refractivity contribution in [1.29, 1.82) is 0 Å². The van der Waals surface area contributed by atoms with E-state index in [0.717, 1.165) is 4.47 Å². The lowest BCUT2D eigenvalue weighted by Crippen LogP contribution is -2.20. The first-order valence-electron chi connectivity index (χ1n) is 7.41. The highest BCUT2D eigenvalue weighted by Gasteiger charge is 2.17. The van der Waals surface area contributed by atoms with Crippen LogP contribution < -0.4 is 10.2 Å². The number of halogens is 3. The third-order valence-electron chi connectivity index (χ3n) is 3.39. The lowest BCUT2D eigenvalue weighted by atomic mass is 10.1. The van der Waals surface area contributed by atoms with Gasteiger partial charge in [0.1, 0.15) is 21.7 Å². The van der Waals surface area contributed by atoms with E-state index in [-0.39, 0.29) is 34.9 Å². The van der Waals surface area contributed by atoms with Gasteiger partial charge in [0.05, 0.1) is 23.7 Å². The van der Waals surface area contributed by atoms with Crippen LogP contribution in [0.1, 0.15) is 17.5 Å². The van der Waals surface area contributed by atoms with Crippen LogP contribution in [0.15, 0.2) is 42.8 Å². The Bertz CT molecular complexity index is 827. The molecule has 0 aliphatic heterocycles. The second-order valence-corrected chi connectivity index (χ2v) is 7.71.